The van der Waals surface area contributed by atoms with Crippen molar-refractivity contribution >= 4 is 5.95 Å². The molecule has 2 aliphatic heterocycles. The predicted octanol–water partition coefficient (Wildman–Crippen LogP) is 3.76. The van der Waals surface area contributed by atoms with E-state index in [1.54, 1.807) is 0 Å². The van der Waals surface area contributed by atoms with E-state index in [0.29, 0.717) is 5.41 Å². The topological polar surface area (TPSA) is 32.3 Å². The maximum absolute atomic E-state index is 4.48. The summed E-state index contributed by atoms with van der Waals surface area (Å²) < 4.78 is 0. The molecule has 1 aromatic heterocycles. The molecule has 1 aromatic rings. The number of nitrogens with zero attached hydrogens (tertiary/aromatic N) is 4. The first kappa shape index (κ1) is 17.7. The zero-order valence-corrected chi connectivity index (χ0v) is 16.0. The molecule has 2 saturated heterocycles. The molecule has 0 radical (unpaired) electrons. The Morgan fingerprint density at radius 1 is 0.958 bits per heavy atom. The fraction of sp³-hybridized carbons (Fsp3) is 0.800. The standard InChI is InChI=1S/C20H34N4/c1-16-13-21-19(22-14-16)24-11-5-17(6-12-24)15-23-9-7-18(8-10-23)20(2,3)4/h13-14,17-18H,5-12,15H2,1-4H3. The van der Waals surface area contributed by atoms with E-state index < -0.39 is 0 Å². The highest BCUT2D eigenvalue weighted by Gasteiger charge is 2.30. The van der Waals surface area contributed by atoms with Crippen molar-refractivity contribution in [2.45, 2.75) is 53.4 Å². The molecule has 0 N–H and O–H groups in total. The Morgan fingerprint density at radius 3 is 2.08 bits per heavy atom. The highest BCUT2D eigenvalue weighted by Crippen LogP contribution is 2.34. The maximum Gasteiger partial charge on any atom is 0.225 e. The smallest absolute Gasteiger partial charge is 0.225 e. The summed E-state index contributed by atoms with van der Waals surface area (Å²) in [5, 5.41) is 0. The summed E-state index contributed by atoms with van der Waals surface area (Å²) in [6, 6.07) is 0. The maximum atomic E-state index is 4.48. The molecular formula is C20H34N4. The van der Waals surface area contributed by atoms with Crippen LogP contribution in [0.4, 0.5) is 5.95 Å². The van der Waals surface area contributed by atoms with Gasteiger partial charge in [-0.1, -0.05) is 20.8 Å². The summed E-state index contributed by atoms with van der Waals surface area (Å²) >= 11 is 0. The van der Waals surface area contributed by atoms with Gasteiger partial charge in [0.1, 0.15) is 0 Å². The van der Waals surface area contributed by atoms with Gasteiger partial charge < -0.3 is 9.80 Å². The fourth-order valence-corrected chi connectivity index (χ4v) is 4.21. The number of anilines is 1. The molecule has 134 valence electrons. The lowest BCUT2D eigenvalue weighted by atomic mass is 9.75. The van der Waals surface area contributed by atoms with Crippen molar-refractivity contribution in [2.24, 2.45) is 17.3 Å². The Kier molecular flexibility index (Phi) is 5.43. The summed E-state index contributed by atoms with van der Waals surface area (Å²) in [6.45, 7) is 15.3. The monoisotopic (exact) mass is 330 g/mol. The molecule has 0 bridgehead atoms. The van der Waals surface area contributed by atoms with E-state index in [0.717, 1.165) is 36.4 Å². The van der Waals surface area contributed by atoms with Crippen LogP contribution < -0.4 is 4.90 Å². The van der Waals surface area contributed by atoms with Crippen LogP contribution in [0.1, 0.15) is 52.0 Å². The van der Waals surface area contributed by atoms with Gasteiger partial charge in [-0.3, -0.25) is 0 Å². The SMILES string of the molecule is Cc1cnc(N2CCC(CN3CCC(C(C)(C)C)CC3)CC2)nc1. The second-order valence-electron chi connectivity index (χ2n) is 8.93. The van der Waals surface area contributed by atoms with Gasteiger partial charge in [0.2, 0.25) is 5.95 Å². The van der Waals surface area contributed by atoms with Crippen LogP contribution in [0.5, 0.6) is 0 Å². The lowest BCUT2D eigenvalue weighted by molar-refractivity contribution is 0.0971. The zero-order chi connectivity index (χ0) is 17.2. The molecule has 4 heteroatoms. The van der Waals surface area contributed by atoms with E-state index in [4.69, 9.17) is 0 Å². The van der Waals surface area contributed by atoms with Crippen LogP contribution in [-0.4, -0.2) is 47.6 Å². The number of aryl methyl sites for hydroxylation is 1. The molecule has 24 heavy (non-hydrogen) atoms. The van der Waals surface area contributed by atoms with Gasteiger partial charge in [0.15, 0.2) is 0 Å². The lowest BCUT2D eigenvalue weighted by Crippen LogP contribution is -2.43. The number of rotatable bonds is 3. The Labute approximate surface area is 147 Å². The van der Waals surface area contributed by atoms with Gasteiger partial charge in [0, 0.05) is 32.0 Å². The third kappa shape index (κ3) is 4.47. The minimum atomic E-state index is 0.478. The van der Waals surface area contributed by atoms with Crippen LogP contribution >= 0.6 is 0 Å². The first-order valence-corrected chi connectivity index (χ1v) is 9.68. The van der Waals surface area contributed by atoms with Crippen molar-refractivity contribution in [3.63, 3.8) is 0 Å². The molecule has 0 amide bonds. The van der Waals surface area contributed by atoms with Crippen LogP contribution in [0.3, 0.4) is 0 Å². The van der Waals surface area contributed by atoms with Crippen LogP contribution in [0, 0.1) is 24.2 Å². The first-order chi connectivity index (χ1) is 11.4. The average Bonchev–Trinajstić information content (AvgIpc) is 2.56. The second kappa shape index (κ2) is 7.38. The summed E-state index contributed by atoms with van der Waals surface area (Å²) in [5.74, 6) is 2.65. The minimum Gasteiger partial charge on any atom is -0.341 e. The Balaban J connectivity index is 1.42. The Hall–Kier alpha value is -1.16. The predicted molar refractivity (Wildman–Crippen MR) is 100 cm³/mol. The van der Waals surface area contributed by atoms with E-state index in [2.05, 4.69) is 40.5 Å². The van der Waals surface area contributed by atoms with Crippen LogP contribution in [0.25, 0.3) is 0 Å². The summed E-state index contributed by atoms with van der Waals surface area (Å²) in [6.07, 6.45) is 9.15. The Bertz CT molecular complexity index is 503. The van der Waals surface area contributed by atoms with Crippen molar-refractivity contribution in [2.75, 3.05) is 37.6 Å². The van der Waals surface area contributed by atoms with E-state index in [1.165, 1.54) is 45.3 Å². The number of hydrogen-bond acceptors (Lipinski definition) is 4. The lowest BCUT2D eigenvalue weighted by Gasteiger charge is -2.41. The van der Waals surface area contributed by atoms with Gasteiger partial charge in [-0.25, -0.2) is 9.97 Å². The van der Waals surface area contributed by atoms with Gasteiger partial charge in [-0.2, -0.15) is 0 Å². The first-order valence-electron chi connectivity index (χ1n) is 9.68. The van der Waals surface area contributed by atoms with Crippen LogP contribution in [-0.2, 0) is 0 Å². The van der Waals surface area contributed by atoms with E-state index in [9.17, 15) is 0 Å². The molecule has 0 atom stereocenters. The third-order valence-electron chi connectivity index (χ3n) is 5.99. The number of hydrogen-bond donors (Lipinski definition) is 0. The highest BCUT2D eigenvalue weighted by molar-refractivity contribution is 5.30. The molecule has 3 heterocycles. The van der Waals surface area contributed by atoms with Gasteiger partial charge in [-0.05, 0) is 68.5 Å². The van der Waals surface area contributed by atoms with Crippen molar-refractivity contribution < 1.29 is 0 Å². The van der Waals surface area contributed by atoms with Gasteiger partial charge in [0.25, 0.3) is 0 Å². The van der Waals surface area contributed by atoms with Crippen molar-refractivity contribution in [1.29, 1.82) is 0 Å². The van der Waals surface area contributed by atoms with Gasteiger partial charge in [-0.15, -0.1) is 0 Å². The zero-order valence-electron chi connectivity index (χ0n) is 16.0. The minimum absolute atomic E-state index is 0.478. The molecule has 0 spiro atoms. The number of aromatic nitrogens is 2. The largest absolute Gasteiger partial charge is 0.341 e. The van der Waals surface area contributed by atoms with Crippen LogP contribution in [0.2, 0.25) is 0 Å². The van der Waals surface area contributed by atoms with Gasteiger partial charge in [0.05, 0.1) is 0 Å². The molecule has 0 aliphatic carbocycles. The van der Waals surface area contributed by atoms with E-state index in [-0.39, 0.29) is 0 Å². The Morgan fingerprint density at radius 2 is 1.54 bits per heavy atom. The van der Waals surface area contributed by atoms with Crippen LogP contribution in [0.15, 0.2) is 12.4 Å². The van der Waals surface area contributed by atoms with Gasteiger partial charge >= 0.3 is 0 Å². The fourth-order valence-electron chi connectivity index (χ4n) is 4.21. The van der Waals surface area contributed by atoms with Crippen molar-refractivity contribution in [3.8, 4) is 0 Å². The summed E-state index contributed by atoms with van der Waals surface area (Å²) in [7, 11) is 0. The third-order valence-corrected chi connectivity index (χ3v) is 5.99. The number of piperidine rings is 2. The molecular weight excluding hydrogens is 296 g/mol. The average molecular weight is 331 g/mol. The summed E-state index contributed by atoms with van der Waals surface area (Å²) in [5.41, 5.74) is 1.61. The molecule has 0 saturated carbocycles. The molecule has 0 unspecified atom stereocenters. The van der Waals surface area contributed by atoms with E-state index >= 15 is 0 Å². The molecule has 4 nitrogen and oxygen atoms in total. The summed E-state index contributed by atoms with van der Waals surface area (Å²) in [4.78, 5) is 14.0. The van der Waals surface area contributed by atoms with Crippen molar-refractivity contribution in [1.82, 2.24) is 14.9 Å². The molecule has 0 aromatic carbocycles. The van der Waals surface area contributed by atoms with Crippen molar-refractivity contribution in [3.05, 3.63) is 18.0 Å². The molecule has 3 rings (SSSR count). The number of likely N-dealkylation sites (tertiary alicyclic amines) is 1. The second-order valence-corrected chi connectivity index (χ2v) is 8.93. The normalized spacial score (nSPS) is 22.1. The quantitative estimate of drug-likeness (QED) is 0.845. The highest BCUT2D eigenvalue weighted by atomic mass is 15.3. The molecule has 2 fully saturated rings. The van der Waals surface area contributed by atoms with E-state index in [1.807, 2.05) is 19.3 Å². The molecule has 2 aliphatic rings.